The van der Waals surface area contributed by atoms with Gasteiger partial charge >= 0.3 is 0 Å². The minimum atomic E-state index is -0.504. The molecule has 1 fully saturated rings. The smallest absolute Gasteiger partial charge is 0.255 e. The number of hydrogen-bond acceptors (Lipinski definition) is 3. The van der Waals surface area contributed by atoms with Crippen molar-refractivity contribution in [3.05, 3.63) is 54.1 Å². The summed E-state index contributed by atoms with van der Waals surface area (Å²) in [7, 11) is 0. The van der Waals surface area contributed by atoms with Gasteiger partial charge in [-0.25, -0.2) is 0 Å². The van der Waals surface area contributed by atoms with Gasteiger partial charge in [-0.3, -0.25) is 14.4 Å². The Morgan fingerprint density at radius 1 is 0.821 bits per heavy atom. The molecule has 146 valence electrons. The third kappa shape index (κ3) is 5.19. The van der Waals surface area contributed by atoms with Crippen LogP contribution in [-0.2, 0) is 9.59 Å². The number of anilines is 3. The first kappa shape index (κ1) is 19.6. The molecule has 2 aromatic rings. The van der Waals surface area contributed by atoms with E-state index in [0.717, 1.165) is 12.8 Å². The molecule has 0 aliphatic heterocycles. The van der Waals surface area contributed by atoms with E-state index in [1.807, 2.05) is 20.8 Å². The average molecular weight is 379 g/mol. The number of nitrogens with one attached hydrogen (secondary N) is 3. The van der Waals surface area contributed by atoms with Gasteiger partial charge in [0.15, 0.2) is 0 Å². The number of rotatable bonds is 5. The zero-order chi connectivity index (χ0) is 20.3. The summed E-state index contributed by atoms with van der Waals surface area (Å²) in [5.41, 5.74) is 1.86. The van der Waals surface area contributed by atoms with E-state index in [0.29, 0.717) is 22.6 Å². The predicted octanol–water partition coefficient (Wildman–Crippen LogP) is 4.27. The van der Waals surface area contributed by atoms with E-state index in [1.165, 1.54) is 0 Å². The van der Waals surface area contributed by atoms with Crippen molar-refractivity contribution in [3.63, 3.8) is 0 Å². The molecule has 0 radical (unpaired) electrons. The lowest BCUT2D eigenvalue weighted by molar-refractivity contribution is -0.123. The molecular weight excluding hydrogens is 354 g/mol. The maximum absolute atomic E-state index is 12.5. The predicted molar refractivity (Wildman–Crippen MR) is 110 cm³/mol. The summed E-state index contributed by atoms with van der Waals surface area (Å²) in [6.07, 6.45) is 1.89. The van der Waals surface area contributed by atoms with E-state index in [-0.39, 0.29) is 23.6 Å². The second kappa shape index (κ2) is 7.84. The van der Waals surface area contributed by atoms with Crippen LogP contribution in [0.2, 0.25) is 0 Å². The minimum Gasteiger partial charge on any atom is -0.326 e. The quantitative estimate of drug-likeness (QED) is 0.725. The number of carbonyl (C=O) groups excluding carboxylic acids is 3. The van der Waals surface area contributed by atoms with Crippen molar-refractivity contribution in [1.82, 2.24) is 0 Å². The van der Waals surface area contributed by atoms with Crippen molar-refractivity contribution in [2.45, 2.75) is 33.6 Å². The molecule has 2 aromatic carbocycles. The summed E-state index contributed by atoms with van der Waals surface area (Å²) in [5.74, 6) is -0.195. The zero-order valence-electron chi connectivity index (χ0n) is 16.3. The Morgan fingerprint density at radius 3 is 2.00 bits per heavy atom. The van der Waals surface area contributed by atoms with Gasteiger partial charge in [0, 0.05) is 34.0 Å². The van der Waals surface area contributed by atoms with Gasteiger partial charge in [0.1, 0.15) is 0 Å². The Hall–Kier alpha value is -3.15. The van der Waals surface area contributed by atoms with Crippen LogP contribution in [0.3, 0.4) is 0 Å². The van der Waals surface area contributed by atoms with Gasteiger partial charge in [-0.1, -0.05) is 26.8 Å². The normalized spacial score (nSPS) is 13.5. The standard InChI is InChI=1S/C22H25N3O3/c1-22(2,3)21(28)25-18-6-4-5-17(13-18)24-20(27)15-9-11-16(12-10-15)23-19(26)14-7-8-14/h4-6,9-14H,7-8H2,1-3H3,(H,23,26)(H,24,27)(H,25,28). The summed E-state index contributed by atoms with van der Waals surface area (Å²) in [6.45, 7) is 5.51. The van der Waals surface area contributed by atoms with Gasteiger partial charge in [-0.2, -0.15) is 0 Å². The maximum atomic E-state index is 12.5. The first-order valence-corrected chi connectivity index (χ1v) is 9.36. The van der Waals surface area contributed by atoms with Gasteiger partial charge in [-0.05, 0) is 55.3 Å². The monoisotopic (exact) mass is 379 g/mol. The molecule has 3 N–H and O–H groups in total. The molecule has 0 spiro atoms. The maximum Gasteiger partial charge on any atom is 0.255 e. The summed E-state index contributed by atoms with van der Waals surface area (Å²) < 4.78 is 0. The van der Waals surface area contributed by atoms with Crippen LogP contribution >= 0.6 is 0 Å². The highest BCUT2D eigenvalue weighted by atomic mass is 16.2. The molecule has 0 saturated heterocycles. The first-order valence-electron chi connectivity index (χ1n) is 9.36. The van der Waals surface area contributed by atoms with E-state index >= 15 is 0 Å². The number of hydrogen-bond donors (Lipinski definition) is 3. The largest absolute Gasteiger partial charge is 0.326 e. The number of amides is 3. The molecule has 0 atom stereocenters. The molecule has 6 heteroatoms. The van der Waals surface area contributed by atoms with Crippen molar-refractivity contribution in [2.24, 2.45) is 11.3 Å². The fourth-order valence-corrected chi connectivity index (χ4v) is 2.49. The SMILES string of the molecule is CC(C)(C)C(=O)Nc1cccc(NC(=O)c2ccc(NC(=O)C3CC3)cc2)c1. The zero-order valence-corrected chi connectivity index (χ0v) is 16.3. The molecule has 1 aliphatic rings. The van der Waals surface area contributed by atoms with Gasteiger partial charge in [-0.15, -0.1) is 0 Å². The molecule has 0 bridgehead atoms. The Labute approximate surface area is 164 Å². The second-order valence-corrected chi connectivity index (χ2v) is 8.08. The highest BCUT2D eigenvalue weighted by Crippen LogP contribution is 2.30. The molecule has 3 amide bonds. The van der Waals surface area contributed by atoms with E-state index in [4.69, 9.17) is 0 Å². The Kier molecular flexibility index (Phi) is 5.49. The lowest BCUT2D eigenvalue weighted by Crippen LogP contribution is -2.27. The molecule has 0 aromatic heterocycles. The topological polar surface area (TPSA) is 87.3 Å². The fraction of sp³-hybridized carbons (Fsp3) is 0.318. The average Bonchev–Trinajstić information content (AvgIpc) is 3.47. The van der Waals surface area contributed by atoms with Crippen molar-refractivity contribution in [1.29, 1.82) is 0 Å². The highest BCUT2D eigenvalue weighted by molar-refractivity contribution is 6.05. The summed E-state index contributed by atoms with van der Waals surface area (Å²) in [6, 6.07) is 13.8. The molecule has 3 rings (SSSR count). The molecule has 1 aliphatic carbocycles. The van der Waals surface area contributed by atoms with Crippen LogP contribution in [0.5, 0.6) is 0 Å². The molecule has 28 heavy (non-hydrogen) atoms. The summed E-state index contributed by atoms with van der Waals surface area (Å²) in [5, 5.41) is 8.51. The van der Waals surface area contributed by atoms with Crippen molar-refractivity contribution in [3.8, 4) is 0 Å². The lowest BCUT2D eigenvalue weighted by Gasteiger charge is -2.18. The second-order valence-electron chi connectivity index (χ2n) is 8.08. The van der Waals surface area contributed by atoms with Crippen LogP contribution in [-0.4, -0.2) is 17.7 Å². The number of carbonyl (C=O) groups is 3. The van der Waals surface area contributed by atoms with Crippen LogP contribution in [0.25, 0.3) is 0 Å². The van der Waals surface area contributed by atoms with E-state index in [9.17, 15) is 14.4 Å². The summed E-state index contributed by atoms with van der Waals surface area (Å²) in [4.78, 5) is 36.4. The van der Waals surface area contributed by atoms with Crippen LogP contribution in [0, 0.1) is 11.3 Å². The Morgan fingerprint density at radius 2 is 1.43 bits per heavy atom. The number of benzene rings is 2. The van der Waals surface area contributed by atoms with Gasteiger partial charge in [0.25, 0.3) is 5.91 Å². The lowest BCUT2D eigenvalue weighted by atomic mass is 9.95. The van der Waals surface area contributed by atoms with Crippen LogP contribution in [0.1, 0.15) is 44.0 Å². The Balaban J connectivity index is 1.61. The van der Waals surface area contributed by atoms with E-state index in [2.05, 4.69) is 16.0 Å². The summed E-state index contributed by atoms with van der Waals surface area (Å²) >= 11 is 0. The van der Waals surface area contributed by atoms with Crippen LogP contribution in [0.15, 0.2) is 48.5 Å². The van der Waals surface area contributed by atoms with Gasteiger partial charge in [0.05, 0.1) is 0 Å². The molecule has 0 heterocycles. The van der Waals surface area contributed by atoms with Gasteiger partial charge in [0.2, 0.25) is 11.8 Å². The van der Waals surface area contributed by atoms with Crippen LogP contribution < -0.4 is 16.0 Å². The molecular formula is C22H25N3O3. The minimum absolute atomic E-state index is 0.0336. The third-order valence-corrected chi connectivity index (χ3v) is 4.42. The molecule has 1 saturated carbocycles. The highest BCUT2D eigenvalue weighted by Gasteiger charge is 2.29. The molecule has 0 unspecified atom stereocenters. The van der Waals surface area contributed by atoms with Crippen molar-refractivity contribution >= 4 is 34.8 Å². The van der Waals surface area contributed by atoms with Crippen molar-refractivity contribution < 1.29 is 14.4 Å². The first-order chi connectivity index (χ1) is 13.2. The van der Waals surface area contributed by atoms with E-state index in [1.54, 1.807) is 48.5 Å². The van der Waals surface area contributed by atoms with E-state index < -0.39 is 5.41 Å². The Bertz CT molecular complexity index is 894. The van der Waals surface area contributed by atoms with Crippen molar-refractivity contribution in [2.75, 3.05) is 16.0 Å². The fourth-order valence-electron chi connectivity index (χ4n) is 2.49. The third-order valence-electron chi connectivity index (χ3n) is 4.42. The van der Waals surface area contributed by atoms with Gasteiger partial charge < -0.3 is 16.0 Å². The molecule has 6 nitrogen and oxygen atoms in total. The van der Waals surface area contributed by atoms with Crippen LogP contribution in [0.4, 0.5) is 17.1 Å².